The Labute approximate surface area is 106 Å². The summed E-state index contributed by atoms with van der Waals surface area (Å²) in [5, 5.41) is 8.80. The number of carbonyl (C=O) groups is 2. The molecule has 1 unspecified atom stereocenters. The average molecular weight is 247 g/mol. The van der Waals surface area contributed by atoms with E-state index in [1.807, 2.05) is 4.90 Å². The maximum absolute atomic E-state index is 11.8. The van der Waals surface area contributed by atoms with Crippen molar-refractivity contribution in [1.29, 1.82) is 0 Å². The lowest BCUT2D eigenvalue weighted by Gasteiger charge is -2.16. The Morgan fingerprint density at radius 3 is 2.56 bits per heavy atom. The molecule has 4 heteroatoms. The number of likely N-dealkylation sites (tertiary alicyclic amines) is 1. The van der Waals surface area contributed by atoms with Gasteiger partial charge in [0.2, 0.25) is 5.91 Å². The lowest BCUT2D eigenvalue weighted by molar-refractivity contribution is -0.128. The lowest BCUT2D eigenvalue weighted by atomic mass is 10.1. The molecule has 1 aromatic rings. The van der Waals surface area contributed by atoms with Gasteiger partial charge in [0.1, 0.15) is 0 Å². The van der Waals surface area contributed by atoms with E-state index >= 15 is 0 Å². The number of aromatic carboxylic acids is 1. The van der Waals surface area contributed by atoms with Crippen LogP contribution in [-0.2, 0) is 11.3 Å². The van der Waals surface area contributed by atoms with Gasteiger partial charge in [0.25, 0.3) is 0 Å². The van der Waals surface area contributed by atoms with Gasteiger partial charge in [-0.05, 0) is 23.6 Å². The van der Waals surface area contributed by atoms with Crippen molar-refractivity contribution in [1.82, 2.24) is 4.90 Å². The van der Waals surface area contributed by atoms with Crippen molar-refractivity contribution >= 4 is 11.9 Å². The molecule has 1 aliphatic heterocycles. The van der Waals surface area contributed by atoms with Gasteiger partial charge < -0.3 is 10.0 Å². The molecule has 0 aromatic heterocycles. The molecular weight excluding hydrogens is 230 g/mol. The van der Waals surface area contributed by atoms with E-state index in [4.69, 9.17) is 5.11 Å². The summed E-state index contributed by atoms with van der Waals surface area (Å²) in [4.78, 5) is 24.3. The van der Waals surface area contributed by atoms with E-state index in [2.05, 4.69) is 6.92 Å². The van der Waals surface area contributed by atoms with Crippen molar-refractivity contribution in [2.45, 2.75) is 26.3 Å². The summed E-state index contributed by atoms with van der Waals surface area (Å²) in [5.74, 6) is -0.259. The zero-order chi connectivity index (χ0) is 13.1. The molecule has 2 rings (SSSR count). The van der Waals surface area contributed by atoms with Crippen molar-refractivity contribution in [3.05, 3.63) is 35.4 Å². The maximum Gasteiger partial charge on any atom is 0.335 e. The third-order valence-electron chi connectivity index (χ3n) is 3.45. The summed E-state index contributed by atoms with van der Waals surface area (Å²) >= 11 is 0. The summed E-state index contributed by atoms with van der Waals surface area (Å²) < 4.78 is 0. The lowest BCUT2D eigenvalue weighted by Crippen LogP contribution is -2.24. The second-order valence-electron chi connectivity index (χ2n) is 4.75. The van der Waals surface area contributed by atoms with Crippen LogP contribution in [0.15, 0.2) is 24.3 Å². The fourth-order valence-corrected chi connectivity index (χ4v) is 2.25. The summed E-state index contributed by atoms with van der Waals surface area (Å²) in [6, 6.07) is 6.71. The molecule has 1 fully saturated rings. The van der Waals surface area contributed by atoms with Crippen LogP contribution in [0.2, 0.25) is 0 Å². The highest BCUT2D eigenvalue weighted by atomic mass is 16.4. The number of benzene rings is 1. The number of hydrogen-bond acceptors (Lipinski definition) is 2. The number of carbonyl (C=O) groups excluding carboxylic acids is 1. The molecule has 1 N–H and O–H groups in total. The molecule has 0 bridgehead atoms. The molecule has 1 aromatic carbocycles. The molecule has 96 valence electrons. The molecule has 1 aliphatic rings. The Morgan fingerprint density at radius 2 is 2.06 bits per heavy atom. The Morgan fingerprint density at radius 1 is 1.39 bits per heavy atom. The molecule has 18 heavy (non-hydrogen) atoms. The summed E-state index contributed by atoms with van der Waals surface area (Å²) in [6.45, 7) is 3.49. The third-order valence-corrected chi connectivity index (χ3v) is 3.45. The number of carboxylic acid groups (broad SMARTS) is 1. The highest BCUT2D eigenvalue weighted by Crippen LogP contribution is 2.22. The molecule has 1 heterocycles. The first kappa shape index (κ1) is 12.6. The van der Waals surface area contributed by atoms with Crippen LogP contribution in [0.3, 0.4) is 0 Å². The largest absolute Gasteiger partial charge is 0.478 e. The highest BCUT2D eigenvalue weighted by molar-refractivity contribution is 5.87. The molecule has 0 aliphatic carbocycles. The van der Waals surface area contributed by atoms with E-state index in [1.165, 1.54) is 0 Å². The average Bonchev–Trinajstić information content (AvgIpc) is 2.71. The second kappa shape index (κ2) is 5.21. The fourth-order valence-electron chi connectivity index (χ4n) is 2.25. The Balaban J connectivity index is 2.01. The maximum atomic E-state index is 11.8. The number of carboxylic acids is 1. The molecule has 1 saturated heterocycles. The Hall–Kier alpha value is -1.84. The van der Waals surface area contributed by atoms with Crippen molar-refractivity contribution in [2.75, 3.05) is 6.54 Å². The van der Waals surface area contributed by atoms with E-state index in [1.54, 1.807) is 24.3 Å². The smallest absolute Gasteiger partial charge is 0.335 e. The molecule has 0 saturated carbocycles. The predicted molar refractivity (Wildman–Crippen MR) is 67.2 cm³/mol. The standard InChI is InChI=1S/C14H17NO3/c1-2-10-7-13(16)15(8-10)9-11-3-5-12(6-4-11)14(17)18/h3-6,10H,2,7-9H2,1H3,(H,17,18). The van der Waals surface area contributed by atoms with Crippen LogP contribution < -0.4 is 0 Å². The number of nitrogens with zero attached hydrogens (tertiary/aromatic N) is 1. The zero-order valence-corrected chi connectivity index (χ0v) is 10.4. The van der Waals surface area contributed by atoms with Gasteiger partial charge in [-0.2, -0.15) is 0 Å². The van der Waals surface area contributed by atoms with Gasteiger partial charge in [-0.25, -0.2) is 4.79 Å². The van der Waals surface area contributed by atoms with Gasteiger partial charge in [0.05, 0.1) is 5.56 Å². The molecule has 1 amide bonds. The van der Waals surface area contributed by atoms with Crippen LogP contribution >= 0.6 is 0 Å². The molecule has 0 radical (unpaired) electrons. The molecule has 4 nitrogen and oxygen atoms in total. The van der Waals surface area contributed by atoms with Gasteiger partial charge in [0.15, 0.2) is 0 Å². The Kier molecular flexibility index (Phi) is 3.65. The molecular formula is C14H17NO3. The monoisotopic (exact) mass is 247 g/mol. The highest BCUT2D eigenvalue weighted by Gasteiger charge is 2.27. The second-order valence-corrected chi connectivity index (χ2v) is 4.75. The van der Waals surface area contributed by atoms with Gasteiger partial charge in [0, 0.05) is 19.5 Å². The van der Waals surface area contributed by atoms with Gasteiger partial charge in [-0.1, -0.05) is 25.5 Å². The summed E-state index contributed by atoms with van der Waals surface area (Å²) in [7, 11) is 0. The predicted octanol–water partition coefficient (Wildman–Crippen LogP) is 2.14. The number of amides is 1. The van der Waals surface area contributed by atoms with E-state index in [9.17, 15) is 9.59 Å². The van der Waals surface area contributed by atoms with Crippen molar-refractivity contribution in [3.8, 4) is 0 Å². The minimum absolute atomic E-state index is 0.198. The van der Waals surface area contributed by atoms with Crippen LogP contribution in [0, 0.1) is 5.92 Å². The van der Waals surface area contributed by atoms with E-state index < -0.39 is 5.97 Å². The normalized spacial score (nSPS) is 19.3. The van der Waals surface area contributed by atoms with Crippen LogP contribution in [0.1, 0.15) is 35.7 Å². The van der Waals surface area contributed by atoms with Crippen molar-refractivity contribution in [2.24, 2.45) is 5.92 Å². The van der Waals surface area contributed by atoms with Crippen LogP contribution in [0.4, 0.5) is 0 Å². The minimum atomic E-state index is -0.926. The quantitative estimate of drug-likeness (QED) is 0.886. The van der Waals surface area contributed by atoms with Crippen molar-refractivity contribution in [3.63, 3.8) is 0 Å². The summed E-state index contributed by atoms with van der Waals surface area (Å²) in [6.07, 6.45) is 1.67. The fraction of sp³-hybridized carbons (Fsp3) is 0.429. The Bertz CT molecular complexity index is 453. The van der Waals surface area contributed by atoms with Crippen molar-refractivity contribution < 1.29 is 14.7 Å². The van der Waals surface area contributed by atoms with E-state index in [-0.39, 0.29) is 11.5 Å². The number of hydrogen-bond donors (Lipinski definition) is 1. The van der Waals surface area contributed by atoms with Crippen LogP contribution in [0.25, 0.3) is 0 Å². The first-order valence-electron chi connectivity index (χ1n) is 6.20. The minimum Gasteiger partial charge on any atom is -0.478 e. The van der Waals surface area contributed by atoms with Crippen LogP contribution in [0.5, 0.6) is 0 Å². The first-order valence-corrected chi connectivity index (χ1v) is 6.20. The van der Waals surface area contributed by atoms with Gasteiger partial charge in [-0.3, -0.25) is 4.79 Å². The number of rotatable bonds is 4. The van der Waals surface area contributed by atoms with Gasteiger partial charge >= 0.3 is 5.97 Å². The molecule has 0 spiro atoms. The topological polar surface area (TPSA) is 57.6 Å². The van der Waals surface area contributed by atoms with E-state index in [0.717, 1.165) is 18.5 Å². The SMILES string of the molecule is CCC1CC(=O)N(Cc2ccc(C(=O)O)cc2)C1. The summed E-state index contributed by atoms with van der Waals surface area (Å²) in [5.41, 5.74) is 1.25. The third kappa shape index (κ3) is 2.70. The van der Waals surface area contributed by atoms with Gasteiger partial charge in [-0.15, -0.1) is 0 Å². The van der Waals surface area contributed by atoms with Crippen LogP contribution in [-0.4, -0.2) is 28.4 Å². The zero-order valence-electron chi connectivity index (χ0n) is 10.4. The first-order chi connectivity index (χ1) is 8.60. The molecule has 1 atom stereocenters. The van der Waals surface area contributed by atoms with E-state index in [0.29, 0.717) is 18.9 Å².